The summed E-state index contributed by atoms with van der Waals surface area (Å²) in [7, 11) is 0. The fourth-order valence-electron chi connectivity index (χ4n) is 1.76. The third-order valence-corrected chi connectivity index (χ3v) is 2.69. The SMILES string of the molecule is C.Cc1ccc(Oc2cccc3[nH]ncc23)cc1. The molecule has 0 saturated heterocycles. The highest BCUT2D eigenvalue weighted by Gasteiger charge is 2.04. The number of fused-ring (bicyclic) bond motifs is 1. The molecule has 0 aliphatic heterocycles. The maximum atomic E-state index is 5.84. The van der Waals surface area contributed by atoms with Crippen molar-refractivity contribution in [3.63, 3.8) is 0 Å². The Balaban J connectivity index is 0.00000120. The number of aromatic amines is 1. The van der Waals surface area contributed by atoms with Crippen molar-refractivity contribution in [1.82, 2.24) is 10.2 Å². The van der Waals surface area contributed by atoms with Crippen LogP contribution in [0.4, 0.5) is 0 Å². The quantitative estimate of drug-likeness (QED) is 0.725. The number of nitrogens with zero attached hydrogens (tertiary/aromatic N) is 1. The van der Waals surface area contributed by atoms with Gasteiger partial charge >= 0.3 is 0 Å². The van der Waals surface area contributed by atoms with Crippen LogP contribution in [0.25, 0.3) is 10.9 Å². The molecule has 3 aromatic rings. The van der Waals surface area contributed by atoms with Crippen molar-refractivity contribution in [2.24, 2.45) is 0 Å². The van der Waals surface area contributed by atoms with Crippen LogP contribution in [0, 0.1) is 6.92 Å². The molecule has 0 atom stereocenters. The summed E-state index contributed by atoms with van der Waals surface area (Å²) in [4.78, 5) is 0. The second kappa shape index (κ2) is 4.92. The Kier molecular flexibility index (Phi) is 3.33. The fraction of sp³-hybridized carbons (Fsp3) is 0.133. The molecule has 0 bridgehead atoms. The summed E-state index contributed by atoms with van der Waals surface area (Å²) in [6.45, 7) is 2.06. The zero-order chi connectivity index (χ0) is 11.7. The molecule has 0 fully saturated rings. The Morgan fingerprint density at radius 3 is 2.61 bits per heavy atom. The molecule has 0 aliphatic rings. The van der Waals surface area contributed by atoms with Crippen LogP contribution in [0.2, 0.25) is 0 Å². The number of aryl methyl sites for hydroxylation is 1. The van der Waals surface area contributed by atoms with E-state index in [1.165, 1.54) is 5.56 Å². The number of benzene rings is 2. The zero-order valence-corrected chi connectivity index (χ0v) is 9.47. The molecule has 2 aromatic carbocycles. The van der Waals surface area contributed by atoms with Crippen molar-refractivity contribution in [3.05, 3.63) is 54.2 Å². The van der Waals surface area contributed by atoms with E-state index in [2.05, 4.69) is 17.1 Å². The summed E-state index contributed by atoms with van der Waals surface area (Å²) in [5, 5.41) is 7.93. The van der Waals surface area contributed by atoms with Crippen LogP contribution in [0.1, 0.15) is 13.0 Å². The maximum absolute atomic E-state index is 5.84. The summed E-state index contributed by atoms with van der Waals surface area (Å²) in [6.07, 6.45) is 1.78. The lowest BCUT2D eigenvalue weighted by molar-refractivity contribution is 0.488. The second-order valence-electron chi connectivity index (χ2n) is 4.00. The largest absolute Gasteiger partial charge is 0.457 e. The first-order valence-corrected chi connectivity index (χ1v) is 5.49. The Bertz CT molecular complexity index is 641. The van der Waals surface area contributed by atoms with Gasteiger partial charge in [-0.3, -0.25) is 5.10 Å². The van der Waals surface area contributed by atoms with Crippen LogP contribution in [0.15, 0.2) is 48.7 Å². The number of hydrogen-bond acceptors (Lipinski definition) is 2. The van der Waals surface area contributed by atoms with Gasteiger partial charge in [0.1, 0.15) is 11.5 Å². The first-order chi connectivity index (χ1) is 8.33. The normalized spacial score (nSPS) is 10.1. The predicted octanol–water partition coefficient (Wildman–Crippen LogP) is 4.30. The molecule has 3 nitrogen and oxygen atoms in total. The van der Waals surface area contributed by atoms with Gasteiger partial charge < -0.3 is 4.74 Å². The van der Waals surface area contributed by atoms with Crippen molar-refractivity contribution in [2.45, 2.75) is 14.4 Å². The molecule has 3 heteroatoms. The van der Waals surface area contributed by atoms with Gasteiger partial charge in [0, 0.05) is 0 Å². The molecule has 0 amide bonds. The maximum Gasteiger partial charge on any atom is 0.138 e. The monoisotopic (exact) mass is 240 g/mol. The third kappa shape index (κ3) is 2.20. The van der Waals surface area contributed by atoms with E-state index in [0.717, 1.165) is 22.4 Å². The van der Waals surface area contributed by atoms with Gasteiger partial charge in [-0.1, -0.05) is 31.2 Å². The average molecular weight is 240 g/mol. The van der Waals surface area contributed by atoms with Crippen LogP contribution in [0.3, 0.4) is 0 Å². The van der Waals surface area contributed by atoms with E-state index >= 15 is 0 Å². The molecule has 18 heavy (non-hydrogen) atoms. The van der Waals surface area contributed by atoms with Crippen molar-refractivity contribution >= 4 is 10.9 Å². The Morgan fingerprint density at radius 1 is 1.06 bits per heavy atom. The minimum Gasteiger partial charge on any atom is -0.457 e. The Hall–Kier alpha value is -2.29. The topological polar surface area (TPSA) is 37.9 Å². The molecular formula is C15H16N2O. The van der Waals surface area contributed by atoms with Gasteiger partial charge in [0.05, 0.1) is 17.1 Å². The van der Waals surface area contributed by atoms with E-state index < -0.39 is 0 Å². The number of aromatic nitrogens is 2. The highest BCUT2D eigenvalue weighted by Crippen LogP contribution is 2.28. The third-order valence-electron chi connectivity index (χ3n) is 2.69. The van der Waals surface area contributed by atoms with E-state index in [0.29, 0.717) is 0 Å². The molecule has 1 heterocycles. The highest BCUT2D eigenvalue weighted by atomic mass is 16.5. The fourth-order valence-corrected chi connectivity index (χ4v) is 1.76. The number of rotatable bonds is 2. The molecule has 0 radical (unpaired) electrons. The van der Waals surface area contributed by atoms with Crippen molar-refractivity contribution in [1.29, 1.82) is 0 Å². The molecule has 92 valence electrons. The van der Waals surface area contributed by atoms with Gasteiger partial charge in [-0.25, -0.2) is 0 Å². The first kappa shape index (κ1) is 12.2. The molecule has 3 rings (SSSR count). The van der Waals surface area contributed by atoms with Gasteiger partial charge in [-0.2, -0.15) is 5.10 Å². The minimum absolute atomic E-state index is 0. The van der Waals surface area contributed by atoms with Gasteiger partial charge in [0.2, 0.25) is 0 Å². The van der Waals surface area contributed by atoms with Crippen LogP contribution < -0.4 is 4.74 Å². The summed E-state index contributed by atoms with van der Waals surface area (Å²) >= 11 is 0. The lowest BCUT2D eigenvalue weighted by Crippen LogP contribution is -1.84. The summed E-state index contributed by atoms with van der Waals surface area (Å²) < 4.78 is 5.84. The van der Waals surface area contributed by atoms with Crippen LogP contribution >= 0.6 is 0 Å². The molecule has 0 saturated carbocycles. The van der Waals surface area contributed by atoms with E-state index in [4.69, 9.17) is 4.74 Å². The van der Waals surface area contributed by atoms with E-state index in [-0.39, 0.29) is 7.43 Å². The predicted molar refractivity (Wildman–Crippen MR) is 74.1 cm³/mol. The van der Waals surface area contributed by atoms with Crippen LogP contribution in [-0.2, 0) is 0 Å². The van der Waals surface area contributed by atoms with Crippen molar-refractivity contribution in [2.75, 3.05) is 0 Å². The first-order valence-electron chi connectivity index (χ1n) is 5.49. The molecular weight excluding hydrogens is 224 g/mol. The molecule has 0 spiro atoms. The average Bonchev–Trinajstić information content (AvgIpc) is 2.81. The number of hydrogen-bond donors (Lipinski definition) is 1. The van der Waals surface area contributed by atoms with Gasteiger partial charge in [-0.15, -0.1) is 0 Å². The number of H-pyrrole nitrogens is 1. The number of ether oxygens (including phenoxy) is 1. The van der Waals surface area contributed by atoms with Crippen molar-refractivity contribution < 1.29 is 4.74 Å². The van der Waals surface area contributed by atoms with Crippen LogP contribution in [-0.4, -0.2) is 10.2 Å². The van der Waals surface area contributed by atoms with Crippen molar-refractivity contribution in [3.8, 4) is 11.5 Å². The highest BCUT2D eigenvalue weighted by molar-refractivity contribution is 5.84. The Labute approximate surface area is 106 Å². The van der Waals surface area contributed by atoms with Crippen LogP contribution in [0.5, 0.6) is 11.5 Å². The standard InChI is InChI=1S/C14H12N2O.CH4/c1-10-5-7-11(8-6-10)17-14-4-2-3-13-12(14)9-15-16-13;/h2-9H,1H3,(H,15,16);1H4. The number of nitrogens with one attached hydrogen (secondary N) is 1. The van der Waals surface area contributed by atoms with E-state index in [1.54, 1.807) is 6.20 Å². The van der Waals surface area contributed by atoms with E-state index in [9.17, 15) is 0 Å². The summed E-state index contributed by atoms with van der Waals surface area (Å²) in [6, 6.07) is 13.9. The second-order valence-corrected chi connectivity index (χ2v) is 4.00. The van der Waals surface area contributed by atoms with Gasteiger partial charge in [-0.05, 0) is 31.2 Å². The smallest absolute Gasteiger partial charge is 0.138 e. The summed E-state index contributed by atoms with van der Waals surface area (Å²) in [5.41, 5.74) is 2.20. The van der Waals surface area contributed by atoms with E-state index in [1.807, 2.05) is 42.5 Å². The lowest BCUT2D eigenvalue weighted by atomic mass is 10.2. The molecule has 0 aliphatic carbocycles. The van der Waals surface area contributed by atoms with Gasteiger partial charge in [0.25, 0.3) is 0 Å². The zero-order valence-electron chi connectivity index (χ0n) is 9.47. The lowest BCUT2D eigenvalue weighted by Gasteiger charge is -2.06. The summed E-state index contributed by atoms with van der Waals surface area (Å²) in [5.74, 6) is 1.66. The molecule has 0 unspecified atom stereocenters. The molecule has 1 aromatic heterocycles. The van der Waals surface area contributed by atoms with Gasteiger partial charge in [0.15, 0.2) is 0 Å². The minimum atomic E-state index is 0. The Morgan fingerprint density at radius 2 is 1.83 bits per heavy atom. The molecule has 1 N–H and O–H groups in total.